The summed E-state index contributed by atoms with van der Waals surface area (Å²) < 4.78 is 29.1. The summed E-state index contributed by atoms with van der Waals surface area (Å²) in [7, 11) is 0. The quantitative estimate of drug-likeness (QED) is 0.280. The first kappa shape index (κ1) is 13.6. The number of nitrogens with zero attached hydrogens (tertiary/aromatic N) is 1. The minimum Gasteiger partial charge on any atom is -0.487 e. The number of benzene rings is 1. The zero-order valence-corrected chi connectivity index (χ0v) is 9.88. The molecule has 4 nitrogen and oxygen atoms in total. The van der Waals surface area contributed by atoms with Crippen molar-refractivity contribution in [3.8, 4) is 5.75 Å². The van der Waals surface area contributed by atoms with E-state index in [1.807, 2.05) is 0 Å². The third kappa shape index (κ3) is 3.48. The van der Waals surface area contributed by atoms with Crippen LogP contribution in [0, 0.1) is 0 Å². The summed E-state index contributed by atoms with van der Waals surface area (Å²) in [6.07, 6.45) is -0.784. The molecule has 94 valence electrons. The van der Waals surface area contributed by atoms with Crippen LogP contribution in [0.3, 0.4) is 0 Å². The Morgan fingerprint density at radius 2 is 2.29 bits per heavy atom. The number of amidine groups is 1. The number of nitrogens with two attached hydrogens (primary N) is 1. The van der Waals surface area contributed by atoms with Gasteiger partial charge in [-0.1, -0.05) is 11.2 Å². The molecule has 0 aliphatic carbocycles. The largest absolute Gasteiger partial charge is 0.487 e. The maximum absolute atomic E-state index is 12.1. The summed E-state index contributed by atoms with van der Waals surface area (Å²) in [6.45, 7) is -0.733. The summed E-state index contributed by atoms with van der Waals surface area (Å²) in [5.41, 5.74) is 5.82. The van der Waals surface area contributed by atoms with E-state index in [1.54, 1.807) is 18.4 Å². The maximum atomic E-state index is 12.1. The van der Waals surface area contributed by atoms with Gasteiger partial charge in [-0.05, 0) is 18.4 Å². The van der Waals surface area contributed by atoms with E-state index in [-0.39, 0.29) is 11.6 Å². The zero-order valence-electron chi connectivity index (χ0n) is 9.06. The first-order valence-electron chi connectivity index (χ1n) is 4.66. The lowest BCUT2D eigenvalue weighted by atomic mass is 10.2. The number of ether oxygens (including phenoxy) is 1. The molecule has 0 aromatic heterocycles. The molecule has 0 aliphatic rings. The lowest BCUT2D eigenvalue weighted by Gasteiger charge is -2.13. The molecular weight excluding hydrogens is 250 g/mol. The second-order valence-corrected chi connectivity index (χ2v) is 3.87. The van der Waals surface area contributed by atoms with Crippen molar-refractivity contribution in [2.24, 2.45) is 10.9 Å². The van der Waals surface area contributed by atoms with Gasteiger partial charge in [-0.15, -0.1) is 11.8 Å². The molecule has 1 rings (SSSR count). The number of hydrogen-bond acceptors (Lipinski definition) is 4. The summed E-state index contributed by atoms with van der Waals surface area (Å²) in [5, 5.41) is 11.5. The van der Waals surface area contributed by atoms with Crippen LogP contribution < -0.4 is 10.5 Å². The molecule has 0 heterocycles. The SMILES string of the molecule is CSc1cccc(OCC(F)F)c1/C(N)=N/O. The van der Waals surface area contributed by atoms with Gasteiger partial charge in [0.15, 0.2) is 5.84 Å². The minimum absolute atomic E-state index is 0.167. The van der Waals surface area contributed by atoms with Crippen molar-refractivity contribution in [2.45, 2.75) is 11.3 Å². The van der Waals surface area contributed by atoms with E-state index in [0.717, 1.165) is 0 Å². The highest BCUT2D eigenvalue weighted by atomic mass is 32.2. The Hall–Kier alpha value is -1.50. The Bertz CT molecular complexity index is 413. The van der Waals surface area contributed by atoms with E-state index in [9.17, 15) is 8.78 Å². The Morgan fingerprint density at radius 3 is 2.82 bits per heavy atom. The number of halogens is 2. The Labute approximate surface area is 101 Å². The van der Waals surface area contributed by atoms with Crippen LogP contribution in [0.2, 0.25) is 0 Å². The van der Waals surface area contributed by atoms with Crippen molar-refractivity contribution >= 4 is 17.6 Å². The van der Waals surface area contributed by atoms with Crippen LogP contribution in [0.15, 0.2) is 28.3 Å². The highest BCUT2D eigenvalue weighted by Crippen LogP contribution is 2.28. The number of hydrogen-bond donors (Lipinski definition) is 2. The summed E-state index contributed by atoms with van der Waals surface area (Å²) in [5.74, 6) is 0.00617. The van der Waals surface area contributed by atoms with Gasteiger partial charge < -0.3 is 15.7 Å². The monoisotopic (exact) mass is 262 g/mol. The number of rotatable bonds is 5. The fourth-order valence-electron chi connectivity index (χ4n) is 1.26. The first-order valence-corrected chi connectivity index (χ1v) is 5.88. The van der Waals surface area contributed by atoms with Gasteiger partial charge in [-0.2, -0.15) is 0 Å². The molecule has 3 N–H and O–H groups in total. The van der Waals surface area contributed by atoms with Crippen LogP contribution in [-0.2, 0) is 0 Å². The van der Waals surface area contributed by atoms with Crippen molar-refractivity contribution in [2.75, 3.05) is 12.9 Å². The molecule has 1 aromatic rings. The zero-order chi connectivity index (χ0) is 12.8. The number of thioether (sulfide) groups is 1. The first-order chi connectivity index (χ1) is 8.10. The minimum atomic E-state index is -2.58. The molecule has 0 bridgehead atoms. The molecule has 0 aliphatic heterocycles. The van der Waals surface area contributed by atoms with Crippen molar-refractivity contribution < 1.29 is 18.7 Å². The standard InChI is InChI=1S/C10H12F2N2O2S/c1-17-7-4-2-3-6(16-5-8(11)12)9(7)10(13)14-15/h2-4,8,15H,5H2,1H3,(H2,13,14). The summed E-state index contributed by atoms with van der Waals surface area (Å²) in [6, 6.07) is 4.88. The molecule has 7 heteroatoms. The van der Waals surface area contributed by atoms with E-state index in [2.05, 4.69) is 5.16 Å². The predicted molar refractivity (Wildman–Crippen MR) is 62.2 cm³/mol. The Morgan fingerprint density at radius 1 is 1.59 bits per heavy atom. The third-order valence-corrected chi connectivity index (χ3v) is 2.72. The lowest BCUT2D eigenvalue weighted by molar-refractivity contribution is 0.0817. The fraction of sp³-hybridized carbons (Fsp3) is 0.300. The van der Waals surface area contributed by atoms with Crippen LogP contribution in [0.25, 0.3) is 0 Å². The molecule has 0 saturated heterocycles. The Kier molecular flexibility index (Phi) is 5.02. The van der Waals surface area contributed by atoms with Gasteiger partial charge in [0.05, 0.1) is 5.56 Å². The third-order valence-electron chi connectivity index (χ3n) is 1.94. The van der Waals surface area contributed by atoms with Gasteiger partial charge in [-0.3, -0.25) is 0 Å². The van der Waals surface area contributed by atoms with Crippen LogP contribution in [0.1, 0.15) is 5.56 Å². The van der Waals surface area contributed by atoms with Crippen LogP contribution in [0.4, 0.5) is 8.78 Å². The highest BCUT2D eigenvalue weighted by molar-refractivity contribution is 7.98. The van der Waals surface area contributed by atoms with E-state index in [4.69, 9.17) is 15.7 Å². The second kappa shape index (κ2) is 6.29. The van der Waals surface area contributed by atoms with Crippen molar-refractivity contribution in [3.63, 3.8) is 0 Å². The predicted octanol–water partition coefficient (Wildman–Crippen LogP) is 2.15. The lowest BCUT2D eigenvalue weighted by Crippen LogP contribution is -2.17. The topological polar surface area (TPSA) is 67.8 Å². The molecule has 0 amide bonds. The smallest absolute Gasteiger partial charge is 0.272 e. The van der Waals surface area contributed by atoms with Gasteiger partial charge >= 0.3 is 0 Å². The molecule has 1 aromatic carbocycles. The molecule has 0 unspecified atom stereocenters. The normalized spacial score (nSPS) is 11.9. The van der Waals surface area contributed by atoms with E-state index >= 15 is 0 Å². The van der Waals surface area contributed by atoms with Crippen LogP contribution >= 0.6 is 11.8 Å². The van der Waals surface area contributed by atoms with E-state index in [1.165, 1.54) is 17.8 Å². The van der Waals surface area contributed by atoms with Gasteiger partial charge in [0.25, 0.3) is 6.43 Å². The van der Waals surface area contributed by atoms with Crippen LogP contribution in [0.5, 0.6) is 5.75 Å². The van der Waals surface area contributed by atoms with Crippen molar-refractivity contribution in [1.82, 2.24) is 0 Å². The molecule has 0 radical (unpaired) electrons. The molecule has 0 atom stereocenters. The second-order valence-electron chi connectivity index (χ2n) is 3.02. The maximum Gasteiger partial charge on any atom is 0.272 e. The van der Waals surface area contributed by atoms with Crippen LogP contribution in [-0.4, -0.2) is 30.3 Å². The Balaban J connectivity index is 3.10. The average molecular weight is 262 g/mol. The van der Waals surface area contributed by atoms with E-state index < -0.39 is 13.0 Å². The average Bonchev–Trinajstić information content (AvgIpc) is 2.34. The summed E-state index contributed by atoms with van der Waals surface area (Å²) in [4.78, 5) is 0.687. The van der Waals surface area contributed by atoms with Gasteiger partial charge in [0, 0.05) is 4.90 Å². The molecule has 17 heavy (non-hydrogen) atoms. The molecular formula is C10H12F2N2O2S. The van der Waals surface area contributed by atoms with Gasteiger partial charge in [0.2, 0.25) is 0 Å². The molecule has 0 spiro atoms. The number of alkyl halides is 2. The number of oxime groups is 1. The molecule has 0 saturated carbocycles. The van der Waals surface area contributed by atoms with Crippen molar-refractivity contribution in [1.29, 1.82) is 0 Å². The van der Waals surface area contributed by atoms with Crippen molar-refractivity contribution in [3.05, 3.63) is 23.8 Å². The molecule has 0 fully saturated rings. The summed E-state index contributed by atoms with van der Waals surface area (Å²) >= 11 is 1.35. The van der Waals surface area contributed by atoms with Gasteiger partial charge in [-0.25, -0.2) is 8.78 Å². The van der Waals surface area contributed by atoms with E-state index in [0.29, 0.717) is 10.5 Å². The fourth-order valence-corrected chi connectivity index (χ4v) is 1.88. The highest BCUT2D eigenvalue weighted by Gasteiger charge is 2.15. The van der Waals surface area contributed by atoms with Gasteiger partial charge in [0.1, 0.15) is 12.4 Å².